The van der Waals surface area contributed by atoms with Gasteiger partial charge in [0.05, 0.1) is 38.4 Å². The molecule has 2 rings (SSSR count). The van der Waals surface area contributed by atoms with Crippen molar-refractivity contribution in [2.24, 2.45) is 5.92 Å². The van der Waals surface area contributed by atoms with Crippen LogP contribution in [0, 0.1) is 5.92 Å². The van der Waals surface area contributed by atoms with Gasteiger partial charge >= 0.3 is 5.97 Å². The van der Waals surface area contributed by atoms with Gasteiger partial charge < -0.3 is 24.1 Å². The van der Waals surface area contributed by atoms with Crippen LogP contribution in [0.4, 0.5) is 0 Å². The Morgan fingerprint density at radius 1 is 1.12 bits per heavy atom. The molecule has 0 heterocycles. The number of hydrogen-bond donors (Lipinski definition) is 0. The molecule has 25 heavy (non-hydrogen) atoms. The van der Waals surface area contributed by atoms with Gasteiger partial charge in [-0.1, -0.05) is 0 Å². The lowest BCUT2D eigenvalue weighted by atomic mass is 9.89. The molecule has 0 amide bonds. The third-order valence-corrected chi connectivity index (χ3v) is 4.30. The van der Waals surface area contributed by atoms with E-state index in [0.717, 1.165) is 0 Å². The van der Waals surface area contributed by atoms with Gasteiger partial charge in [0, 0.05) is 12.5 Å². The van der Waals surface area contributed by atoms with E-state index in [0.29, 0.717) is 35.5 Å². The summed E-state index contributed by atoms with van der Waals surface area (Å²) >= 11 is 0. The molecule has 136 valence electrons. The average Bonchev–Trinajstić information content (AvgIpc) is 2.79. The van der Waals surface area contributed by atoms with Gasteiger partial charge in [-0.25, -0.2) is 4.79 Å². The van der Waals surface area contributed by atoms with Crippen molar-refractivity contribution in [3.05, 3.63) is 34.8 Å². The number of rotatable bonds is 5. The van der Waals surface area contributed by atoms with Gasteiger partial charge in [-0.2, -0.15) is 0 Å². The zero-order chi connectivity index (χ0) is 18.6. The first-order chi connectivity index (χ1) is 12.0. The summed E-state index contributed by atoms with van der Waals surface area (Å²) in [6.45, 7) is 0. The summed E-state index contributed by atoms with van der Waals surface area (Å²) in [7, 11) is 5.39. The van der Waals surface area contributed by atoms with Crippen LogP contribution in [-0.4, -0.2) is 40.2 Å². The first-order valence-electron chi connectivity index (χ1n) is 7.78. The number of esters is 1. The van der Waals surface area contributed by atoms with Crippen LogP contribution in [0.15, 0.2) is 23.7 Å². The van der Waals surface area contributed by atoms with Crippen LogP contribution < -0.4 is 14.6 Å². The summed E-state index contributed by atoms with van der Waals surface area (Å²) in [4.78, 5) is 24.6. The van der Waals surface area contributed by atoms with Crippen LogP contribution in [-0.2, 0) is 20.7 Å². The number of ketones is 1. The minimum atomic E-state index is -0.748. The number of carbonyl (C=O) groups is 2. The van der Waals surface area contributed by atoms with E-state index in [9.17, 15) is 14.7 Å². The highest BCUT2D eigenvalue weighted by Gasteiger charge is 2.31. The second-order valence-electron chi connectivity index (χ2n) is 5.62. The first-order valence-corrected chi connectivity index (χ1v) is 7.78. The van der Waals surface area contributed by atoms with E-state index in [1.165, 1.54) is 28.4 Å². The standard InChI is InChI=1S/C18H22O7/c1-22-12-8-11-7-10(16(17(20)24-3)18(21)25-4)5-6-13(19)15(11)14(9-12)23-2/h8-10,20H,5-7H2,1-4H3/p-1/b17-16-. The van der Waals surface area contributed by atoms with Gasteiger partial charge in [0.1, 0.15) is 11.5 Å². The zero-order valence-corrected chi connectivity index (χ0v) is 14.7. The molecule has 1 aromatic rings. The van der Waals surface area contributed by atoms with Crippen molar-refractivity contribution in [3.8, 4) is 11.5 Å². The minimum Gasteiger partial charge on any atom is -0.616 e. The number of fused-ring (bicyclic) bond motifs is 1. The number of benzene rings is 1. The Hall–Kier alpha value is -2.70. The van der Waals surface area contributed by atoms with Gasteiger partial charge in [-0.3, -0.25) is 4.79 Å². The molecule has 7 nitrogen and oxygen atoms in total. The number of Topliss-reactive ketones (excluding diaryl/α,β-unsaturated/α-hetero) is 1. The summed E-state index contributed by atoms with van der Waals surface area (Å²) in [5, 5.41) is 12.1. The molecule has 0 saturated carbocycles. The van der Waals surface area contributed by atoms with E-state index >= 15 is 0 Å². The van der Waals surface area contributed by atoms with Gasteiger partial charge in [-0.15, -0.1) is 0 Å². The maximum Gasteiger partial charge on any atom is 0.335 e. The molecule has 0 aliphatic heterocycles. The number of ether oxygens (including phenoxy) is 4. The zero-order valence-electron chi connectivity index (χ0n) is 14.7. The molecule has 0 N–H and O–H groups in total. The maximum absolute atomic E-state index is 12.6. The summed E-state index contributed by atoms with van der Waals surface area (Å²) in [6.07, 6.45) is 0.810. The fourth-order valence-corrected chi connectivity index (χ4v) is 3.08. The number of carbonyl (C=O) groups excluding carboxylic acids is 2. The highest BCUT2D eigenvalue weighted by atomic mass is 16.6. The molecule has 0 fully saturated rings. The molecule has 0 radical (unpaired) electrons. The minimum absolute atomic E-state index is 0.0903. The lowest BCUT2D eigenvalue weighted by Gasteiger charge is -2.22. The van der Waals surface area contributed by atoms with E-state index in [-0.39, 0.29) is 17.8 Å². The molecule has 0 spiro atoms. The van der Waals surface area contributed by atoms with Crippen molar-refractivity contribution in [1.29, 1.82) is 0 Å². The van der Waals surface area contributed by atoms with Crippen molar-refractivity contribution in [2.45, 2.75) is 19.3 Å². The number of methoxy groups -OCH3 is 4. The average molecular weight is 349 g/mol. The summed E-state index contributed by atoms with van der Waals surface area (Å²) in [6, 6.07) is 3.36. The Morgan fingerprint density at radius 3 is 2.40 bits per heavy atom. The lowest BCUT2D eigenvalue weighted by Crippen LogP contribution is -2.24. The van der Waals surface area contributed by atoms with Crippen LogP contribution >= 0.6 is 0 Å². The summed E-state index contributed by atoms with van der Waals surface area (Å²) in [5.41, 5.74) is 1.03. The largest absolute Gasteiger partial charge is 0.616 e. The van der Waals surface area contributed by atoms with Gasteiger partial charge in [-0.05, 0) is 37.5 Å². The van der Waals surface area contributed by atoms with Crippen molar-refractivity contribution in [2.75, 3.05) is 28.4 Å². The Bertz CT molecular complexity index is 706. The number of hydrogen-bond acceptors (Lipinski definition) is 7. The van der Waals surface area contributed by atoms with E-state index in [4.69, 9.17) is 18.9 Å². The smallest absolute Gasteiger partial charge is 0.335 e. The quantitative estimate of drug-likeness (QED) is 0.341. The molecular weight excluding hydrogens is 328 g/mol. The normalized spacial score (nSPS) is 17.8. The second-order valence-corrected chi connectivity index (χ2v) is 5.62. The highest BCUT2D eigenvalue weighted by Crippen LogP contribution is 2.37. The predicted molar refractivity (Wildman–Crippen MR) is 86.4 cm³/mol. The Labute approximate surface area is 146 Å². The molecule has 0 saturated heterocycles. The third-order valence-electron chi connectivity index (χ3n) is 4.30. The Kier molecular flexibility index (Phi) is 5.90. The van der Waals surface area contributed by atoms with Crippen LogP contribution in [0.3, 0.4) is 0 Å². The fourth-order valence-electron chi connectivity index (χ4n) is 3.08. The Balaban J connectivity index is 2.55. The highest BCUT2D eigenvalue weighted by molar-refractivity contribution is 6.01. The second kappa shape index (κ2) is 7.92. The van der Waals surface area contributed by atoms with Crippen LogP contribution in [0.1, 0.15) is 28.8 Å². The molecule has 1 aliphatic rings. The van der Waals surface area contributed by atoms with Crippen molar-refractivity contribution < 1.29 is 33.6 Å². The monoisotopic (exact) mass is 349 g/mol. The van der Waals surface area contributed by atoms with Crippen molar-refractivity contribution >= 4 is 11.8 Å². The van der Waals surface area contributed by atoms with Crippen LogP contribution in [0.2, 0.25) is 0 Å². The van der Waals surface area contributed by atoms with E-state index in [1.807, 2.05) is 0 Å². The summed E-state index contributed by atoms with van der Waals surface area (Å²) < 4.78 is 20.0. The Morgan fingerprint density at radius 2 is 1.84 bits per heavy atom. The van der Waals surface area contributed by atoms with E-state index < -0.39 is 17.8 Å². The SMILES string of the molecule is COC(=O)/C(=C(/[O-])OC)C1CCC(=O)c2c(cc(OC)cc2OC)C1. The predicted octanol–water partition coefficient (Wildman–Crippen LogP) is 1.23. The molecule has 0 bridgehead atoms. The molecule has 1 aliphatic carbocycles. The van der Waals surface area contributed by atoms with E-state index in [2.05, 4.69) is 0 Å². The first kappa shape index (κ1) is 18.6. The molecule has 1 unspecified atom stereocenters. The van der Waals surface area contributed by atoms with Gasteiger partial charge in [0.15, 0.2) is 5.78 Å². The molecule has 0 aromatic heterocycles. The molecular formula is C18H21O7-. The topological polar surface area (TPSA) is 94.1 Å². The third kappa shape index (κ3) is 3.70. The van der Waals surface area contributed by atoms with Crippen LogP contribution in [0.5, 0.6) is 11.5 Å². The fraction of sp³-hybridized carbons (Fsp3) is 0.444. The van der Waals surface area contributed by atoms with Gasteiger partial charge in [0.2, 0.25) is 0 Å². The molecule has 7 heteroatoms. The summed E-state index contributed by atoms with van der Waals surface area (Å²) in [5.74, 6) is -1.15. The maximum atomic E-state index is 12.6. The van der Waals surface area contributed by atoms with Gasteiger partial charge in [0.25, 0.3) is 0 Å². The van der Waals surface area contributed by atoms with Crippen molar-refractivity contribution in [1.82, 2.24) is 0 Å². The lowest BCUT2D eigenvalue weighted by molar-refractivity contribution is -0.355. The molecule has 1 atom stereocenters. The van der Waals surface area contributed by atoms with E-state index in [1.54, 1.807) is 12.1 Å². The van der Waals surface area contributed by atoms with Crippen LogP contribution in [0.25, 0.3) is 0 Å². The van der Waals surface area contributed by atoms with Crippen molar-refractivity contribution in [3.63, 3.8) is 0 Å². The molecule has 1 aromatic carbocycles.